The largest absolute Gasteiger partial charge is 0.370 e. The van der Waals surface area contributed by atoms with Gasteiger partial charge in [-0.05, 0) is 31.4 Å². The summed E-state index contributed by atoms with van der Waals surface area (Å²) in [6, 6.07) is 7.25. The van der Waals surface area contributed by atoms with Crippen molar-refractivity contribution in [2.24, 2.45) is 16.6 Å². The number of rotatable bonds is 9. The average Bonchev–Trinajstić information content (AvgIpc) is 2.51. The van der Waals surface area contributed by atoms with E-state index in [0.29, 0.717) is 35.7 Å². The molecule has 1 rings (SSSR count). The molecule has 1 atom stereocenters. The first-order valence-corrected chi connectivity index (χ1v) is 8.87. The van der Waals surface area contributed by atoms with Crippen molar-refractivity contribution >= 4 is 23.5 Å². The summed E-state index contributed by atoms with van der Waals surface area (Å²) in [5.74, 6) is 0.938. The summed E-state index contributed by atoms with van der Waals surface area (Å²) in [4.78, 5) is 16.2. The van der Waals surface area contributed by atoms with Crippen LogP contribution in [0.1, 0.15) is 50.4 Å². The number of halogens is 1. The number of aliphatic imine (C=N–C) groups is 1. The molecule has 0 aromatic heterocycles. The number of carbonyl (C=O) groups is 1. The number of hydrogen-bond acceptors (Lipinski definition) is 2. The molecule has 134 valence electrons. The van der Waals surface area contributed by atoms with Crippen molar-refractivity contribution in [2.75, 3.05) is 13.1 Å². The van der Waals surface area contributed by atoms with Crippen molar-refractivity contribution in [1.29, 1.82) is 0 Å². The fourth-order valence-corrected chi connectivity index (χ4v) is 2.51. The minimum atomic E-state index is -0.204. The molecule has 0 fully saturated rings. The third-order valence-electron chi connectivity index (χ3n) is 3.61. The summed E-state index contributed by atoms with van der Waals surface area (Å²) in [5, 5.41) is 6.40. The van der Waals surface area contributed by atoms with Crippen molar-refractivity contribution in [3.05, 3.63) is 34.9 Å². The van der Waals surface area contributed by atoms with Crippen molar-refractivity contribution in [2.45, 2.75) is 46.1 Å². The van der Waals surface area contributed by atoms with Gasteiger partial charge >= 0.3 is 0 Å². The lowest BCUT2D eigenvalue weighted by molar-refractivity contribution is 0.0955. The molecule has 5 nitrogen and oxygen atoms in total. The normalized spacial score (nSPS) is 13.0. The molecule has 1 aromatic carbocycles. The molecule has 0 saturated carbocycles. The molecule has 0 heterocycles. The molecule has 0 saturated heterocycles. The van der Waals surface area contributed by atoms with E-state index in [1.165, 1.54) is 12.8 Å². The molecule has 0 aliphatic carbocycles. The standard InChI is InChI=1S/C18H29ClN4O/c1-13(2)7-6-8-14(3)23-18(20)22-12-11-21-17(24)15-9-4-5-10-16(15)19/h4-5,9-10,13-14H,6-8,11-12H2,1-3H3,(H,21,24)(H3,20,22,23). The first-order valence-electron chi connectivity index (χ1n) is 8.49. The van der Waals surface area contributed by atoms with E-state index in [0.717, 1.165) is 12.3 Å². The van der Waals surface area contributed by atoms with Gasteiger partial charge in [-0.1, -0.05) is 50.4 Å². The molecule has 4 N–H and O–H groups in total. The van der Waals surface area contributed by atoms with E-state index in [1.807, 2.05) is 0 Å². The molecular formula is C18H29ClN4O. The Morgan fingerprint density at radius 1 is 1.25 bits per heavy atom. The first-order chi connectivity index (χ1) is 11.4. The van der Waals surface area contributed by atoms with Crippen LogP contribution in [-0.2, 0) is 0 Å². The Kier molecular flexibility index (Phi) is 9.23. The van der Waals surface area contributed by atoms with Crippen LogP contribution in [0.3, 0.4) is 0 Å². The minimum absolute atomic E-state index is 0.204. The number of amides is 1. The topological polar surface area (TPSA) is 79.5 Å². The van der Waals surface area contributed by atoms with Gasteiger partial charge in [0.15, 0.2) is 5.96 Å². The van der Waals surface area contributed by atoms with Crippen molar-refractivity contribution in [3.8, 4) is 0 Å². The maximum Gasteiger partial charge on any atom is 0.252 e. The number of benzene rings is 1. The highest BCUT2D eigenvalue weighted by molar-refractivity contribution is 6.33. The van der Waals surface area contributed by atoms with E-state index in [2.05, 4.69) is 36.4 Å². The molecule has 0 radical (unpaired) electrons. The average molecular weight is 353 g/mol. The third-order valence-corrected chi connectivity index (χ3v) is 3.94. The number of nitrogens with one attached hydrogen (secondary N) is 2. The second kappa shape index (κ2) is 10.9. The summed E-state index contributed by atoms with van der Waals surface area (Å²) in [5.41, 5.74) is 6.33. The quantitative estimate of drug-likeness (QED) is 0.363. The van der Waals surface area contributed by atoms with Gasteiger partial charge < -0.3 is 16.4 Å². The Morgan fingerprint density at radius 3 is 2.62 bits per heavy atom. The van der Waals surface area contributed by atoms with Gasteiger partial charge in [-0.2, -0.15) is 0 Å². The van der Waals surface area contributed by atoms with Crippen LogP contribution >= 0.6 is 11.6 Å². The maximum atomic E-state index is 12.0. The van der Waals surface area contributed by atoms with Crippen LogP contribution in [0.15, 0.2) is 29.3 Å². The third kappa shape index (κ3) is 8.20. The first kappa shape index (κ1) is 20.3. The van der Waals surface area contributed by atoms with Crippen molar-refractivity contribution in [3.63, 3.8) is 0 Å². The SMILES string of the molecule is CC(C)CCCC(C)NC(N)=NCCNC(=O)c1ccccc1Cl. The van der Waals surface area contributed by atoms with Crippen LogP contribution in [0.5, 0.6) is 0 Å². The number of guanidine groups is 1. The maximum absolute atomic E-state index is 12.0. The fraction of sp³-hybridized carbons (Fsp3) is 0.556. The van der Waals surface area contributed by atoms with Gasteiger partial charge in [-0.15, -0.1) is 0 Å². The van der Waals surface area contributed by atoms with Crippen molar-refractivity contribution < 1.29 is 4.79 Å². The van der Waals surface area contributed by atoms with E-state index in [1.54, 1.807) is 24.3 Å². The van der Waals surface area contributed by atoms with Crippen LogP contribution in [0, 0.1) is 5.92 Å². The van der Waals surface area contributed by atoms with Crippen molar-refractivity contribution in [1.82, 2.24) is 10.6 Å². The highest BCUT2D eigenvalue weighted by Gasteiger charge is 2.08. The fourth-order valence-electron chi connectivity index (χ4n) is 2.29. The Bertz CT molecular complexity index is 546. The van der Waals surface area contributed by atoms with Gasteiger partial charge in [0.1, 0.15) is 0 Å². The van der Waals surface area contributed by atoms with Gasteiger partial charge in [0, 0.05) is 12.6 Å². The van der Waals surface area contributed by atoms with Crippen LogP contribution in [0.25, 0.3) is 0 Å². The number of nitrogens with two attached hydrogens (primary N) is 1. The van der Waals surface area contributed by atoms with Gasteiger partial charge in [-0.3, -0.25) is 9.79 Å². The van der Waals surface area contributed by atoms with Crippen LogP contribution in [0.2, 0.25) is 5.02 Å². The van der Waals surface area contributed by atoms with Crippen LogP contribution < -0.4 is 16.4 Å². The van der Waals surface area contributed by atoms with Gasteiger partial charge in [0.05, 0.1) is 17.1 Å². The zero-order valence-electron chi connectivity index (χ0n) is 14.8. The highest BCUT2D eigenvalue weighted by Crippen LogP contribution is 2.14. The van der Waals surface area contributed by atoms with Gasteiger partial charge in [0.25, 0.3) is 5.91 Å². The molecular weight excluding hydrogens is 324 g/mol. The van der Waals surface area contributed by atoms with E-state index < -0.39 is 0 Å². The smallest absolute Gasteiger partial charge is 0.252 e. The van der Waals surface area contributed by atoms with Crippen LogP contribution in [0.4, 0.5) is 0 Å². The Labute approximate surface area is 150 Å². The minimum Gasteiger partial charge on any atom is -0.370 e. The van der Waals surface area contributed by atoms with E-state index >= 15 is 0 Å². The molecule has 6 heteroatoms. The summed E-state index contributed by atoms with van der Waals surface area (Å²) in [6.45, 7) is 7.39. The van der Waals surface area contributed by atoms with Gasteiger partial charge in [0.2, 0.25) is 0 Å². The van der Waals surface area contributed by atoms with E-state index in [9.17, 15) is 4.79 Å². The zero-order valence-corrected chi connectivity index (χ0v) is 15.6. The molecule has 1 amide bonds. The molecule has 0 aliphatic heterocycles. The lowest BCUT2D eigenvalue weighted by Crippen LogP contribution is -2.39. The summed E-state index contributed by atoms with van der Waals surface area (Å²) in [6.07, 6.45) is 3.46. The monoisotopic (exact) mass is 352 g/mol. The lowest BCUT2D eigenvalue weighted by atomic mass is 10.0. The van der Waals surface area contributed by atoms with E-state index in [-0.39, 0.29) is 5.91 Å². The predicted molar refractivity (Wildman–Crippen MR) is 102 cm³/mol. The number of carbonyl (C=O) groups excluding carboxylic acids is 1. The Balaban J connectivity index is 2.26. The summed E-state index contributed by atoms with van der Waals surface area (Å²) >= 11 is 5.98. The second-order valence-corrected chi connectivity index (χ2v) is 6.78. The molecule has 0 aliphatic rings. The van der Waals surface area contributed by atoms with E-state index in [4.69, 9.17) is 17.3 Å². The molecule has 1 aromatic rings. The lowest BCUT2D eigenvalue weighted by Gasteiger charge is -2.15. The molecule has 1 unspecified atom stereocenters. The predicted octanol–water partition coefficient (Wildman–Crippen LogP) is 3.19. The number of nitrogens with zero attached hydrogens (tertiary/aromatic N) is 1. The van der Waals surface area contributed by atoms with Crippen LogP contribution in [-0.4, -0.2) is 31.0 Å². The summed E-state index contributed by atoms with van der Waals surface area (Å²) in [7, 11) is 0. The Morgan fingerprint density at radius 2 is 1.96 bits per heavy atom. The second-order valence-electron chi connectivity index (χ2n) is 6.37. The highest BCUT2D eigenvalue weighted by atomic mass is 35.5. The molecule has 24 heavy (non-hydrogen) atoms. The molecule has 0 spiro atoms. The molecule has 0 bridgehead atoms. The Hall–Kier alpha value is -1.75. The van der Waals surface area contributed by atoms with Gasteiger partial charge in [-0.25, -0.2) is 0 Å². The number of hydrogen-bond donors (Lipinski definition) is 3. The zero-order chi connectivity index (χ0) is 17.9. The summed E-state index contributed by atoms with van der Waals surface area (Å²) < 4.78 is 0.